The zero-order chi connectivity index (χ0) is 19.0. The molecule has 0 aromatic heterocycles. The van der Waals surface area contributed by atoms with Crippen molar-refractivity contribution in [2.75, 3.05) is 49.3 Å². The summed E-state index contributed by atoms with van der Waals surface area (Å²) in [7, 11) is 8.99. The Labute approximate surface area is 148 Å². The standard InChI is InChI=1S/C18H26O7/c1-11-13(10-12(8-9-20-2)18(19)25-7)15(22-4)17(24-6)16(23-5)14(11)21-3/h10H,8-9H2,1-7H3/b12-10+. The molecule has 0 unspecified atom stereocenters. The first kappa shape index (κ1) is 20.6. The van der Waals surface area contributed by atoms with Gasteiger partial charge in [0.05, 0.1) is 42.2 Å². The average molecular weight is 354 g/mol. The zero-order valence-electron chi connectivity index (χ0n) is 15.8. The number of esters is 1. The lowest BCUT2D eigenvalue weighted by Gasteiger charge is -2.20. The molecular formula is C18H26O7. The van der Waals surface area contributed by atoms with Crippen molar-refractivity contribution in [2.24, 2.45) is 0 Å². The van der Waals surface area contributed by atoms with Crippen LogP contribution >= 0.6 is 0 Å². The number of carbonyl (C=O) groups excluding carboxylic acids is 1. The lowest BCUT2D eigenvalue weighted by Crippen LogP contribution is -2.08. The summed E-state index contributed by atoms with van der Waals surface area (Å²) in [5.41, 5.74) is 1.84. The summed E-state index contributed by atoms with van der Waals surface area (Å²) in [6.45, 7) is 2.23. The fourth-order valence-corrected chi connectivity index (χ4v) is 2.53. The van der Waals surface area contributed by atoms with E-state index in [4.69, 9.17) is 28.4 Å². The van der Waals surface area contributed by atoms with Crippen LogP contribution in [0.2, 0.25) is 0 Å². The van der Waals surface area contributed by atoms with Gasteiger partial charge < -0.3 is 28.4 Å². The van der Waals surface area contributed by atoms with Gasteiger partial charge in [-0.3, -0.25) is 0 Å². The van der Waals surface area contributed by atoms with E-state index in [1.165, 1.54) is 35.5 Å². The second-order valence-corrected chi connectivity index (χ2v) is 5.08. The fraction of sp³-hybridized carbons (Fsp3) is 0.500. The van der Waals surface area contributed by atoms with Crippen molar-refractivity contribution in [3.8, 4) is 23.0 Å². The minimum atomic E-state index is -0.438. The SMILES string of the molecule is COCC/C(=C\c1c(C)c(OC)c(OC)c(OC)c1OC)C(=O)OC. The summed E-state index contributed by atoms with van der Waals surface area (Å²) in [4.78, 5) is 12.1. The third-order valence-corrected chi connectivity index (χ3v) is 3.77. The van der Waals surface area contributed by atoms with Gasteiger partial charge in [-0.2, -0.15) is 0 Å². The van der Waals surface area contributed by atoms with Crippen LogP contribution in [0.25, 0.3) is 6.08 Å². The molecule has 0 aliphatic heterocycles. The number of benzene rings is 1. The van der Waals surface area contributed by atoms with Gasteiger partial charge in [0.1, 0.15) is 0 Å². The van der Waals surface area contributed by atoms with Crippen molar-refractivity contribution in [1.29, 1.82) is 0 Å². The molecule has 1 aromatic rings. The Morgan fingerprint density at radius 2 is 1.36 bits per heavy atom. The molecule has 140 valence electrons. The number of methoxy groups -OCH3 is 6. The number of hydrogen-bond donors (Lipinski definition) is 0. The Kier molecular flexibility index (Phi) is 8.07. The molecule has 0 amide bonds. The van der Waals surface area contributed by atoms with Crippen LogP contribution in [0.4, 0.5) is 0 Å². The largest absolute Gasteiger partial charge is 0.492 e. The molecular weight excluding hydrogens is 328 g/mol. The van der Waals surface area contributed by atoms with Crippen LogP contribution in [0.15, 0.2) is 5.57 Å². The first-order chi connectivity index (χ1) is 12.0. The quantitative estimate of drug-likeness (QED) is 0.498. The Hall–Kier alpha value is -2.41. The van der Waals surface area contributed by atoms with Gasteiger partial charge in [-0.05, 0) is 13.0 Å². The monoisotopic (exact) mass is 354 g/mol. The van der Waals surface area contributed by atoms with E-state index in [9.17, 15) is 4.79 Å². The van der Waals surface area contributed by atoms with Crippen molar-refractivity contribution in [1.82, 2.24) is 0 Å². The molecule has 0 spiro atoms. The highest BCUT2D eigenvalue weighted by Gasteiger charge is 2.25. The van der Waals surface area contributed by atoms with Crippen molar-refractivity contribution in [2.45, 2.75) is 13.3 Å². The third-order valence-electron chi connectivity index (χ3n) is 3.77. The normalized spacial score (nSPS) is 11.1. The van der Waals surface area contributed by atoms with Crippen LogP contribution in [0.1, 0.15) is 17.5 Å². The van der Waals surface area contributed by atoms with E-state index < -0.39 is 5.97 Å². The lowest BCUT2D eigenvalue weighted by atomic mass is 10.0. The van der Waals surface area contributed by atoms with Gasteiger partial charge in [0.25, 0.3) is 0 Å². The summed E-state index contributed by atoms with van der Waals surface area (Å²) in [6, 6.07) is 0. The minimum absolute atomic E-state index is 0.382. The molecule has 0 N–H and O–H groups in total. The highest BCUT2D eigenvalue weighted by Crippen LogP contribution is 2.50. The molecule has 0 fully saturated rings. The molecule has 0 heterocycles. The minimum Gasteiger partial charge on any atom is -0.492 e. The maximum absolute atomic E-state index is 12.1. The highest BCUT2D eigenvalue weighted by molar-refractivity contribution is 5.95. The van der Waals surface area contributed by atoms with Crippen molar-refractivity contribution >= 4 is 12.0 Å². The highest BCUT2D eigenvalue weighted by atomic mass is 16.5. The van der Waals surface area contributed by atoms with E-state index in [2.05, 4.69) is 0 Å². The second-order valence-electron chi connectivity index (χ2n) is 5.08. The molecule has 0 radical (unpaired) electrons. The molecule has 0 bridgehead atoms. The number of ether oxygens (including phenoxy) is 6. The Bertz CT molecular complexity index is 635. The maximum Gasteiger partial charge on any atom is 0.333 e. The fourth-order valence-electron chi connectivity index (χ4n) is 2.53. The topological polar surface area (TPSA) is 72.5 Å². The molecule has 0 aliphatic carbocycles. The summed E-state index contributed by atoms with van der Waals surface area (Å²) < 4.78 is 31.8. The number of carbonyl (C=O) groups is 1. The molecule has 1 aromatic carbocycles. The third kappa shape index (κ3) is 4.36. The summed E-state index contributed by atoms with van der Waals surface area (Å²) in [5, 5.41) is 0. The molecule has 0 atom stereocenters. The predicted octanol–water partition coefficient (Wildman–Crippen LogP) is 2.62. The molecule has 0 saturated carbocycles. The van der Waals surface area contributed by atoms with E-state index in [-0.39, 0.29) is 0 Å². The molecule has 1 rings (SSSR count). The average Bonchev–Trinajstić information content (AvgIpc) is 2.64. The van der Waals surface area contributed by atoms with E-state index in [0.29, 0.717) is 47.2 Å². The maximum atomic E-state index is 12.1. The first-order valence-electron chi connectivity index (χ1n) is 7.64. The summed E-state index contributed by atoms with van der Waals surface area (Å²) in [5.74, 6) is 1.31. The van der Waals surface area contributed by atoms with Crippen molar-refractivity contribution in [3.63, 3.8) is 0 Å². The molecule has 7 heteroatoms. The van der Waals surface area contributed by atoms with Gasteiger partial charge in [0, 0.05) is 30.2 Å². The molecule has 25 heavy (non-hydrogen) atoms. The van der Waals surface area contributed by atoms with Crippen LogP contribution in [-0.2, 0) is 14.3 Å². The molecule has 0 saturated heterocycles. The van der Waals surface area contributed by atoms with Crippen LogP contribution in [-0.4, -0.2) is 55.2 Å². The first-order valence-corrected chi connectivity index (χ1v) is 7.64. The van der Waals surface area contributed by atoms with Gasteiger partial charge in [0.15, 0.2) is 11.5 Å². The van der Waals surface area contributed by atoms with Gasteiger partial charge in [-0.25, -0.2) is 4.79 Å². The molecule has 7 nitrogen and oxygen atoms in total. The van der Waals surface area contributed by atoms with Crippen LogP contribution in [0.3, 0.4) is 0 Å². The summed E-state index contributed by atoms with van der Waals surface area (Å²) in [6.07, 6.45) is 2.09. The van der Waals surface area contributed by atoms with Gasteiger partial charge >= 0.3 is 5.97 Å². The zero-order valence-corrected chi connectivity index (χ0v) is 15.8. The Morgan fingerprint density at radius 1 is 0.840 bits per heavy atom. The summed E-state index contributed by atoms with van der Waals surface area (Å²) >= 11 is 0. The van der Waals surface area contributed by atoms with Gasteiger partial charge in [-0.15, -0.1) is 0 Å². The smallest absolute Gasteiger partial charge is 0.333 e. The Morgan fingerprint density at radius 3 is 1.80 bits per heavy atom. The lowest BCUT2D eigenvalue weighted by molar-refractivity contribution is -0.136. The number of rotatable bonds is 9. The van der Waals surface area contributed by atoms with Crippen LogP contribution in [0.5, 0.6) is 23.0 Å². The molecule has 0 aliphatic rings. The van der Waals surface area contributed by atoms with E-state index in [0.717, 1.165) is 5.56 Å². The van der Waals surface area contributed by atoms with E-state index >= 15 is 0 Å². The van der Waals surface area contributed by atoms with Gasteiger partial charge in [-0.1, -0.05) is 0 Å². The van der Waals surface area contributed by atoms with Gasteiger partial charge in [0.2, 0.25) is 11.5 Å². The number of hydrogen-bond acceptors (Lipinski definition) is 7. The van der Waals surface area contributed by atoms with Crippen molar-refractivity contribution in [3.05, 3.63) is 16.7 Å². The second kappa shape index (κ2) is 9.78. The van der Waals surface area contributed by atoms with E-state index in [1.54, 1.807) is 13.2 Å². The van der Waals surface area contributed by atoms with Crippen LogP contribution < -0.4 is 18.9 Å². The Balaban J connectivity index is 3.71. The van der Waals surface area contributed by atoms with E-state index in [1.807, 2.05) is 6.92 Å². The van der Waals surface area contributed by atoms with Crippen LogP contribution in [0, 0.1) is 6.92 Å². The predicted molar refractivity (Wildman–Crippen MR) is 93.9 cm³/mol. The van der Waals surface area contributed by atoms with Crippen molar-refractivity contribution < 1.29 is 33.2 Å².